The SMILES string of the molecule is c1cc(-c2ccccc2-c2cccc3ccccc23)cc(N(c2ccc(-c3ccc(-c4cccc5ccccc45)cc3)cc2)c2ccccc2-c2cccc3c2oc2ccccc23)c1. The smallest absolute Gasteiger partial charge is 0.143 e. The Kier molecular flexibility index (Phi) is 9.20. The molecule has 0 spiro atoms. The Hall–Kier alpha value is -8.46. The van der Waals surface area contributed by atoms with Gasteiger partial charge < -0.3 is 9.32 Å². The second kappa shape index (κ2) is 15.8. The molecule has 12 rings (SSSR count). The molecule has 0 aliphatic heterocycles. The maximum absolute atomic E-state index is 6.65. The first-order valence-electron chi connectivity index (χ1n) is 21.9. The number of anilines is 3. The maximum Gasteiger partial charge on any atom is 0.143 e. The highest BCUT2D eigenvalue weighted by molar-refractivity contribution is 6.11. The highest BCUT2D eigenvalue weighted by atomic mass is 16.3. The molecule has 12 aromatic rings. The molecule has 0 fully saturated rings. The van der Waals surface area contributed by atoms with Gasteiger partial charge >= 0.3 is 0 Å². The van der Waals surface area contributed by atoms with E-state index in [2.05, 4.69) is 248 Å². The van der Waals surface area contributed by atoms with E-state index in [0.717, 1.165) is 61.3 Å². The van der Waals surface area contributed by atoms with E-state index in [-0.39, 0.29) is 0 Å². The van der Waals surface area contributed by atoms with E-state index in [1.165, 1.54) is 54.9 Å². The number of rotatable bonds is 8. The first-order chi connectivity index (χ1) is 31.7. The van der Waals surface area contributed by atoms with Crippen LogP contribution in [0.4, 0.5) is 17.1 Å². The van der Waals surface area contributed by atoms with Crippen LogP contribution in [0.2, 0.25) is 0 Å². The minimum absolute atomic E-state index is 0.885. The third-order valence-corrected chi connectivity index (χ3v) is 12.7. The third kappa shape index (κ3) is 6.52. The van der Waals surface area contributed by atoms with E-state index in [0.29, 0.717) is 0 Å². The fraction of sp³-hybridized carbons (Fsp3) is 0. The fourth-order valence-corrected chi connectivity index (χ4v) is 9.65. The molecule has 2 heteroatoms. The van der Waals surface area contributed by atoms with Gasteiger partial charge in [-0.15, -0.1) is 0 Å². The van der Waals surface area contributed by atoms with Gasteiger partial charge in [-0.1, -0.05) is 212 Å². The summed E-state index contributed by atoms with van der Waals surface area (Å²) in [5.41, 5.74) is 16.6. The minimum Gasteiger partial charge on any atom is -0.455 e. The van der Waals surface area contributed by atoms with Crippen LogP contribution in [0.5, 0.6) is 0 Å². The van der Waals surface area contributed by atoms with Crippen LogP contribution in [0.3, 0.4) is 0 Å². The summed E-state index contributed by atoms with van der Waals surface area (Å²) in [5, 5.41) is 7.21. The van der Waals surface area contributed by atoms with E-state index in [9.17, 15) is 0 Å². The lowest BCUT2D eigenvalue weighted by atomic mass is 9.91. The van der Waals surface area contributed by atoms with E-state index in [4.69, 9.17) is 4.42 Å². The zero-order chi connectivity index (χ0) is 42.4. The summed E-state index contributed by atoms with van der Waals surface area (Å²) in [5.74, 6) is 0. The Morgan fingerprint density at radius 3 is 1.53 bits per heavy atom. The lowest BCUT2D eigenvalue weighted by molar-refractivity contribution is 0.670. The zero-order valence-corrected chi connectivity index (χ0v) is 35.0. The fourth-order valence-electron chi connectivity index (χ4n) is 9.65. The number of benzene rings is 11. The van der Waals surface area contributed by atoms with Crippen LogP contribution in [0.15, 0.2) is 253 Å². The van der Waals surface area contributed by atoms with Crippen molar-refractivity contribution in [1.29, 1.82) is 0 Å². The van der Waals surface area contributed by atoms with Crippen LogP contribution in [-0.4, -0.2) is 0 Å². The van der Waals surface area contributed by atoms with Gasteiger partial charge in [-0.25, -0.2) is 0 Å². The molecule has 0 radical (unpaired) electrons. The summed E-state index contributed by atoms with van der Waals surface area (Å²) in [6.45, 7) is 0. The summed E-state index contributed by atoms with van der Waals surface area (Å²) in [6.07, 6.45) is 0. The van der Waals surface area contributed by atoms with Crippen LogP contribution < -0.4 is 4.90 Å². The first kappa shape index (κ1) is 37.3. The van der Waals surface area contributed by atoms with Crippen molar-refractivity contribution in [3.63, 3.8) is 0 Å². The number of fused-ring (bicyclic) bond motifs is 5. The molecule has 0 aliphatic rings. The highest BCUT2D eigenvalue weighted by Gasteiger charge is 2.21. The molecule has 11 aromatic carbocycles. The molecule has 1 heterocycles. The van der Waals surface area contributed by atoms with Gasteiger partial charge in [-0.2, -0.15) is 0 Å². The highest BCUT2D eigenvalue weighted by Crippen LogP contribution is 2.46. The van der Waals surface area contributed by atoms with E-state index >= 15 is 0 Å². The summed E-state index contributed by atoms with van der Waals surface area (Å²) in [4.78, 5) is 2.40. The molecule has 0 saturated heterocycles. The molecular formula is C62H41NO. The van der Waals surface area contributed by atoms with Gasteiger partial charge in [-0.05, 0) is 102 Å². The van der Waals surface area contributed by atoms with Gasteiger partial charge in [0, 0.05) is 33.3 Å². The lowest BCUT2D eigenvalue weighted by Gasteiger charge is -2.28. The summed E-state index contributed by atoms with van der Waals surface area (Å²) < 4.78 is 6.65. The number of nitrogens with zero attached hydrogens (tertiary/aromatic N) is 1. The van der Waals surface area contributed by atoms with Gasteiger partial charge in [0.05, 0.1) is 5.69 Å². The normalized spacial score (nSPS) is 11.4. The van der Waals surface area contributed by atoms with Crippen molar-refractivity contribution in [3.05, 3.63) is 249 Å². The van der Waals surface area contributed by atoms with Crippen molar-refractivity contribution >= 4 is 60.5 Å². The number of hydrogen-bond acceptors (Lipinski definition) is 2. The minimum atomic E-state index is 0.885. The second-order valence-corrected chi connectivity index (χ2v) is 16.4. The Morgan fingerprint density at radius 1 is 0.266 bits per heavy atom. The summed E-state index contributed by atoms with van der Waals surface area (Å²) in [7, 11) is 0. The van der Waals surface area contributed by atoms with E-state index in [1.54, 1.807) is 0 Å². The second-order valence-electron chi connectivity index (χ2n) is 16.4. The molecule has 2 nitrogen and oxygen atoms in total. The molecular weight excluding hydrogens is 775 g/mol. The molecule has 0 unspecified atom stereocenters. The Labute approximate surface area is 372 Å². The molecule has 0 saturated carbocycles. The van der Waals surface area contributed by atoms with Crippen LogP contribution in [0.25, 0.3) is 99.1 Å². The van der Waals surface area contributed by atoms with Gasteiger partial charge in [0.25, 0.3) is 0 Å². The van der Waals surface area contributed by atoms with Crippen LogP contribution in [0.1, 0.15) is 0 Å². The van der Waals surface area contributed by atoms with Crippen molar-refractivity contribution < 1.29 is 4.42 Å². The molecule has 0 atom stereocenters. The molecule has 300 valence electrons. The van der Waals surface area contributed by atoms with Crippen LogP contribution >= 0.6 is 0 Å². The number of furan rings is 1. The first-order valence-corrected chi connectivity index (χ1v) is 21.9. The van der Waals surface area contributed by atoms with Gasteiger partial charge in [0.1, 0.15) is 11.2 Å². The topological polar surface area (TPSA) is 16.4 Å². The van der Waals surface area contributed by atoms with E-state index < -0.39 is 0 Å². The average molecular weight is 816 g/mol. The molecule has 0 amide bonds. The summed E-state index contributed by atoms with van der Waals surface area (Å²) >= 11 is 0. The van der Waals surface area contributed by atoms with Gasteiger partial charge in [0.15, 0.2) is 0 Å². The third-order valence-electron chi connectivity index (χ3n) is 12.7. The standard InChI is InChI=1S/C62H41NO/c1-3-21-50-44(15-1)17-12-27-51(50)46-35-33-42(34-36-46)43-37-39-48(40-38-43)63(60-31-9-7-25-56(60)58-29-14-30-59-57-26-8-10-32-61(57)64-62(58)59)49-20-11-19-47(41-49)53-23-5-6-24-54(53)55-28-13-18-45-16-2-4-22-52(45)55/h1-41H. The molecule has 0 bridgehead atoms. The Balaban J connectivity index is 0.992. The maximum atomic E-state index is 6.65. The molecule has 0 N–H and O–H groups in total. The van der Waals surface area contributed by atoms with E-state index in [1.807, 2.05) is 6.07 Å². The number of para-hydroxylation sites is 3. The largest absolute Gasteiger partial charge is 0.455 e. The quantitative estimate of drug-likeness (QED) is 0.152. The Bertz CT molecular complexity index is 3660. The van der Waals surface area contributed by atoms with Crippen molar-refractivity contribution in [1.82, 2.24) is 0 Å². The van der Waals surface area contributed by atoms with Crippen molar-refractivity contribution in [2.75, 3.05) is 4.90 Å². The summed E-state index contributed by atoms with van der Waals surface area (Å²) in [6, 6.07) is 89.6. The average Bonchev–Trinajstić information content (AvgIpc) is 3.76. The molecule has 64 heavy (non-hydrogen) atoms. The van der Waals surface area contributed by atoms with Crippen LogP contribution in [0, 0.1) is 0 Å². The predicted molar refractivity (Wildman–Crippen MR) is 271 cm³/mol. The molecule has 0 aliphatic carbocycles. The molecule has 1 aromatic heterocycles. The monoisotopic (exact) mass is 815 g/mol. The zero-order valence-electron chi connectivity index (χ0n) is 35.0. The van der Waals surface area contributed by atoms with Crippen molar-refractivity contribution in [3.8, 4) is 55.6 Å². The van der Waals surface area contributed by atoms with Gasteiger partial charge in [0.2, 0.25) is 0 Å². The predicted octanol–water partition coefficient (Wildman–Crippen LogP) is 17.7. The van der Waals surface area contributed by atoms with Gasteiger partial charge in [-0.3, -0.25) is 0 Å². The van der Waals surface area contributed by atoms with Crippen molar-refractivity contribution in [2.24, 2.45) is 0 Å². The lowest BCUT2D eigenvalue weighted by Crippen LogP contribution is -2.11. The Morgan fingerprint density at radius 2 is 0.766 bits per heavy atom. The number of hydrogen-bond donors (Lipinski definition) is 0. The van der Waals surface area contributed by atoms with Crippen molar-refractivity contribution in [2.45, 2.75) is 0 Å². The van der Waals surface area contributed by atoms with Crippen LogP contribution in [-0.2, 0) is 0 Å².